The van der Waals surface area contributed by atoms with E-state index >= 15 is 0 Å². The van der Waals surface area contributed by atoms with E-state index in [0.29, 0.717) is 24.8 Å². The number of nitrogens with two attached hydrogens (primary N) is 1. The minimum Gasteiger partial charge on any atom is -0.337 e. The van der Waals surface area contributed by atoms with Gasteiger partial charge < -0.3 is 10.6 Å². The second-order valence-electron chi connectivity index (χ2n) is 4.74. The predicted molar refractivity (Wildman–Crippen MR) is 55.7 cm³/mol. The summed E-state index contributed by atoms with van der Waals surface area (Å²) >= 11 is 0. The quantitative estimate of drug-likeness (QED) is 0.735. The molecule has 2 aliphatic rings. The Labute approximate surface area is 85.6 Å². The summed E-state index contributed by atoms with van der Waals surface area (Å²) in [5.74, 6) is 0.744. The lowest BCUT2D eigenvalue weighted by molar-refractivity contribution is -0.136. The third-order valence-corrected chi connectivity index (χ3v) is 4.05. The van der Waals surface area contributed by atoms with Gasteiger partial charge in [-0.25, -0.2) is 0 Å². The summed E-state index contributed by atoms with van der Waals surface area (Å²) in [5, 5.41) is 0. The summed E-state index contributed by atoms with van der Waals surface area (Å²) in [7, 11) is 0. The monoisotopic (exact) mass is 196 g/mol. The van der Waals surface area contributed by atoms with Gasteiger partial charge in [0.05, 0.1) is 0 Å². The van der Waals surface area contributed by atoms with Gasteiger partial charge in [-0.05, 0) is 38.1 Å². The van der Waals surface area contributed by atoms with Gasteiger partial charge >= 0.3 is 0 Å². The molecule has 1 atom stereocenters. The van der Waals surface area contributed by atoms with E-state index in [1.165, 1.54) is 19.3 Å². The number of amides is 1. The smallest absolute Gasteiger partial charge is 0.223 e. The molecule has 1 heterocycles. The van der Waals surface area contributed by atoms with Crippen molar-refractivity contribution in [2.24, 2.45) is 11.7 Å². The Morgan fingerprint density at radius 2 is 2.29 bits per heavy atom. The fraction of sp³-hybridized carbons (Fsp3) is 0.909. The second-order valence-corrected chi connectivity index (χ2v) is 4.74. The van der Waals surface area contributed by atoms with E-state index in [1.807, 2.05) is 0 Å². The van der Waals surface area contributed by atoms with Crippen LogP contribution >= 0.6 is 0 Å². The largest absolute Gasteiger partial charge is 0.337 e. The molecule has 1 amide bonds. The molecular formula is C11H20N2O. The SMILES string of the molecule is CCC1(N2CC(CN)CC2=O)CCC1. The van der Waals surface area contributed by atoms with Gasteiger partial charge in [-0.1, -0.05) is 6.92 Å². The van der Waals surface area contributed by atoms with Crippen LogP contribution in [0.5, 0.6) is 0 Å². The Bertz CT molecular complexity index is 230. The Balaban J connectivity index is 2.07. The van der Waals surface area contributed by atoms with E-state index in [9.17, 15) is 4.79 Å². The number of hydrogen-bond acceptors (Lipinski definition) is 2. The number of rotatable bonds is 3. The lowest BCUT2D eigenvalue weighted by Gasteiger charge is -2.48. The van der Waals surface area contributed by atoms with Crippen molar-refractivity contribution in [1.82, 2.24) is 4.90 Å². The molecule has 0 aromatic rings. The van der Waals surface area contributed by atoms with E-state index in [0.717, 1.165) is 13.0 Å². The van der Waals surface area contributed by atoms with Crippen molar-refractivity contribution in [3.63, 3.8) is 0 Å². The molecule has 1 aliphatic heterocycles. The maximum atomic E-state index is 11.8. The first-order chi connectivity index (χ1) is 6.72. The number of carbonyl (C=O) groups excluding carboxylic acids is 1. The summed E-state index contributed by atoms with van der Waals surface area (Å²) in [6, 6.07) is 0. The number of carbonyl (C=O) groups is 1. The van der Waals surface area contributed by atoms with Crippen LogP contribution < -0.4 is 5.73 Å². The van der Waals surface area contributed by atoms with E-state index in [-0.39, 0.29) is 5.54 Å². The van der Waals surface area contributed by atoms with Crippen LogP contribution in [0.15, 0.2) is 0 Å². The molecule has 0 aromatic heterocycles. The summed E-state index contributed by atoms with van der Waals surface area (Å²) in [6.07, 6.45) is 5.47. The van der Waals surface area contributed by atoms with Gasteiger partial charge in [-0.15, -0.1) is 0 Å². The van der Waals surface area contributed by atoms with Crippen LogP contribution in [-0.2, 0) is 4.79 Å². The molecule has 0 spiro atoms. The zero-order chi connectivity index (χ0) is 10.2. The van der Waals surface area contributed by atoms with Gasteiger partial charge in [-0.2, -0.15) is 0 Å². The third kappa shape index (κ3) is 1.34. The highest BCUT2D eigenvalue weighted by Gasteiger charge is 2.46. The molecule has 2 N–H and O–H groups in total. The lowest BCUT2D eigenvalue weighted by Crippen LogP contribution is -2.54. The lowest BCUT2D eigenvalue weighted by atomic mass is 9.73. The van der Waals surface area contributed by atoms with Crippen molar-refractivity contribution in [3.8, 4) is 0 Å². The molecule has 1 saturated carbocycles. The second kappa shape index (κ2) is 3.54. The highest BCUT2D eigenvalue weighted by atomic mass is 16.2. The van der Waals surface area contributed by atoms with Crippen LogP contribution in [0.4, 0.5) is 0 Å². The minimum absolute atomic E-state index is 0.223. The summed E-state index contributed by atoms with van der Waals surface area (Å²) in [4.78, 5) is 13.9. The van der Waals surface area contributed by atoms with Crippen molar-refractivity contribution in [3.05, 3.63) is 0 Å². The van der Waals surface area contributed by atoms with E-state index < -0.39 is 0 Å². The first-order valence-corrected chi connectivity index (χ1v) is 5.72. The van der Waals surface area contributed by atoms with Crippen molar-refractivity contribution < 1.29 is 4.79 Å². The van der Waals surface area contributed by atoms with Crippen molar-refractivity contribution in [2.75, 3.05) is 13.1 Å². The summed E-state index contributed by atoms with van der Waals surface area (Å²) < 4.78 is 0. The third-order valence-electron chi connectivity index (χ3n) is 4.05. The molecule has 2 fully saturated rings. The fourth-order valence-electron chi connectivity index (χ4n) is 2.80. The molecule has 1 saturated heterocycles. The number of hydrogen-bond donors (Lipinski definition) is 1. The first kappa shape index (κ1) is 9.97. The molecule has 3 nitrogen and oxygen atoms in total. The zero-order valence-electron chi connectivity index (χ0n) is 8.96. The van der Waals surface area contributed by atoms with E-state index in [4.69, 9.17) is 5.73 Å². The zero-order valence-corrected chi connectivity index (χ0v) is 8.96. The molecule has 14 heavy (non-hydrogen) atoms. The van der Waals surface area contributed by atoms with Gasteiger partial charge in [0.2, 0.25) is 5.91 Å². The topological polar surface area (TPSA) is 46.3 Å². The normalized spacial score (nSPS) is 30.6. The van der Waals surface area contributed by atoms with Crippen molar-refractivity contribution >= 4 is 5.91 Å². The highest BCUT2D eigenvalue weighted by Crippen LogP contribution is 2.43. The molecule has 2 rings (SSSR count). The summed E-state index contributed by atoms with van der Waals surface area (Å²) in [6.45, 7) is 3.76. The Kier molecular flexibility index (Phi) is 2.52. The Morgan fingerprint density at radius 1 is 1.57 bits per heavy atom. The minimum atomic E-state index is 0.223. The van der Waals surface area contributed by atoms with Crippen LogP contribution in [-0.4, -0.2) is 29.4 Å². The van der Waals surface area contributed by atoms with Crippen LogP contribution in [0.1, 0.15) is 39.0 Å². The van der Waals surface area contributed by atoms with Crippen LogP contribution in [0.25, 0.3) is 0 Å². The van der Waals surface area contributed by atoms with E-state index in [1.54, 1.807) is 0 Å². The number of nitrogens with zero attached hydrogens (tertiary/aromatic N) is 1. The van der Waals surface area contributed by atoms with Gasteiger partial charge in [0.25, 0.3) is 0 Å². The molecule has 80 valence electrons. The van der Waals surface area contributed by atoms with Gasteiger partial charge in [0.15, 0.2) is 0 Å². The molecule has 1 aliphatic carbocycles. The van der Waals surface area contributed by atoms with E-state index in [2.05, 4.69) is 11.8 Å². The van der Waals surface area contributed by atoms with Gasteiger partial charge in [0, 0.05) is 18.5 Å². The van der Waals surface area contributed by atoms with Crippen LogP contribution in [0, 0.1) is 5.92 Å². The number of likely N-dealkylation sites (tertiary alicyclic amines) is 1. The average molecular weight is 196 g/mol. The molecular weight excluding hydrogens is 176 g/mol. The van der Waals surface area contributed by atoms with Crippen molar-refractivity contribution in [2.45, 2.75) is 44.6 Å². The summed E-state index contributed by atoms with van der Waals surface area (Å²) in [5.41, 5.74) is 5.85. The van der Waals surface area contributed by atoms with Crippen LogP contribution in [0.3, 0.4) is 0 Å². The molecule has 0 aromatic carbocycles. The predicted octanol–water partition coefficient (Wildman–Crippen LogP) is 1.13. The molecule has 0 bridgehead atoms. The maximum absolute atomic E-state index is 11.8. The fourth-order valence-corrected chi connectivity index (χ4v) is 2.80. The first-order valence-electron chi connectivity index (χ1n) is 5.72. The molecule has 1 unspecified atom stereocenters. The van der Waals surface area contributed by atoms with Crippen molar-refractivity contribution in [1.29, 1.82) is 0 Å². The standard InChI is InChI=1S/C11H20N2O/c1-2-11(4-3-5-11)13-8-9(7-12)6-10(13)14/h9H,2-8,12H2,1H3. The van der Waals surface area contributed by atoms with Gasteiger partial charge in [-0.3, -0.25) is 4.79 Å². The van der Waals surface area contributed by atoms with Crippen LogP contribution in [0.2, 0.25) is 0 Å². The Morgan fingerprint density at radius 3 is 2.64 bits per heavy atom. The Hall–Kier alpha value is -0.570. The molecule has 0 radical (unpaired) electrons. The average Bonchev–Trinajstić information content (AvgIpc) is 2.48. The van der Waals surface area contributed by atoms with Gasteiger partial charge in [0.1, 0.15) is 0 Å². The highest BCUT2D eigenvalue weighted by molar-refractivity contribution is 5.79. The maximum Gasteiger partial charge on any atom is 0.223 e. The molecule has 3 heteroatoms.